The number of esters is 1. The summed E-state index contributed by atoms with van der Waals surface area (Å²) in [7, 11) is 1.76. The smallest absolute Gasteiger partial charge is 0.350 e. The highest BCUT2D eigenvalue weighted by Gasteiger charge is 2.31. The molecule has 3 aromatic rings. The Labute approximate surface area is 195 Å². The fourth-order valence-electron chi connectivity index (χ4n) is 3.54. The number of aryl methyl sites for hydroxylation is 4. The maximum atomic E-state index is 12.7. The van der Waals surface area contributed by atoms with Gasteiger partial charge in [-0.05, 0) is 88.4 Å². The van der Waals surface area contributed by atoms with E-state index >= 15 is 0 Å². The van der Waals surface area contributed by atoms with E-state index in [-0.39, 0.29) is 11.7 Å². The fourth-order valence-corrected chi connectivity index (χ4v) is 3.54. The van der Waals surface area contributed by atoms with Crippen molar-refractivity contribution in [1.29, 1.82) is 0 Å². The molecule has 176 valence electrons. The van der Waals surface area contributed by atoms with Gasteiger partial charge in [0.05, 0.1) is 12.3 Å². The van der Waals surface area contributed by atoms with Crippen molar-refractivity contribution in [3.05, 3.63) is 75.5 Å². The Hall–Kier alpha value is -3.35. The van der Waals surface area contributed by atoms with Crippen molar-refractivity contribution in [1.82, 2.24) is 14.3 Å². The molecule has 0 saturated carbocycles. The summed E-state index contributed by atoms with van der Waals surface area (Å²) in [5.41, 5.74) is 3.06. The second-order valence-corrected chi connectivity index (χ2v) is 8.77. The molecule has 0 amide bonds. The number of aromatic nitrogens is 3. The largest absolute Gasteiger partial charge is 0.476 e. The number of carbonyl (C=O) groups is 1. The van der Waals surface area contributed by atoms with Gasteiger partial charge in [-0.15, -0.1) is 5.10 Å². The van der Waals surface area contributed by atoms with Gasteiger partial charge in [0.15, 0.2) is 5.60 Å². The molecule has 33 heavy (non-hydrogen) atoms. The minimum absolute atomic E-state index is 0.140. The molecule has 0 spiro atoms. The summed E-state index contributed by atoms with van der Waals surface area (Å²) in [6.45, 7) is 9.56. The summed E-state index contributed by atoms with van der Waals surface area (Å²) >= 11 is 0. The van der Waals surface area contributed by atoms with E-state index < -0.39 is 5.60 Å². The summed E-state index contributed by atoms with van der Waals surface area (Å²) in [6.07, 6.45) is 2.38. The van der Waals surface area contributed by atoms with Crippen molar-refractivity contribution in [2.45, 2.75) is 59.5 Å². The molecular weight excluding hydrogens is 418 g/mol. The lowest BCUT2D eigenvalue weighted by atomic mass is 10.1. The Kier molecular flexibility index (Phi) is 7.41. The first-order valence-electron chi connectivity index (χ1n) is 11.3. The second kappa shape index (κ2) is 10.1. The lowest BCUT2D eigenvalue weighted by Crippen LogP contribution is -2.39. The van der Waals surface area contributed by atoms with Crippen molar-refractivity contribution in [3.8, 4) is 11.4 Å². The molecule has 1 heterocycles. The van der Waals surface area contributed by atoms with E-state index in [1.807, 2.05) is 56.3 Å². The molecule has 0 radical (unpaired) electrons. The molecular formula is C26H33N3O4. The maximum absolute atomic E-state index is 12.7. The highest BCUT2D eigenvalue weighted by molar-refractivity contribution is 5.79. The molecule has 0 fully saturated rings. The summed E-state index contributed by atoms with van der Waals surface area (Å²) in [5.74, 6) is 0.987. The van der Waals surface area contributed by atoms with Crippen molar-refractivity contribution in [3.63, 3.8) is 0 Å². The van der Waals surface area contributed by atoms with Crippen LogP contribution in [0.15, 0.2) is 47.3 Å². The second-order valence-electron chi connectivity index (χ2n) is 8.77. The molecule has 0 aliphatic heterocycles. The molecule has 3 rings (SSSR count). The van der Waals surface area contributed by atoms with Crippen LogP contribution in [0.1, 0.15) is 49.7 Å². The molecule has 7 nitrogen and oxygen atoms in total. The topological polar surface area (TPSA) is 75.3 Å². The van der Waals surface area contributed by atoms with Crippen molar-refractivity contribution in [2.75, 3.05) is 6.61 Å². The number of benzene rings is 2. The van der Waals surface area contributed by atoms with Gasteiger partial charge < -0.3 is 9.47 Å². The SMILES string of the molecule is CCOC(=O)C(C)(C)Oc1ccc(CCCc2nn(-c3ccc(C)c(C)c3)c(=O)n2C)cc1. The van der Waals surface area contributed by atoms with E-state index in [9.17, 15) is 9.59 Å². The van der Waals surface area contributed by atoms with E-state index in [2.05, 4.69) is 5.10 Å². The number of carbonyl (C=O) groups excluding carboxylic acids is 1. The zero-order valence-electron chi connectivity index (χ0n) is 20.3. The van der Waals surface area contributed by atoms with Gasteiger partial charge >= 0.3 is 11.7 Å². The van der Waals surface area contributed by atoms with Crippen molar-refractivity contribution in [2.24, 2.45) is 7.05 Å². The van der Waals surface area contributed by atoms with Crippen LogP contribution < -0.4 is 10.4 Å². The predicted octanol–water partition coefficient (Wildman–Crippen LogP) is 4.08. The zero-order chi connectivity index (χ0) is 24.2. The van der Waals surface area contributed by atoms with Crippen molar-refractivity contribution < 1.29 is 14.3 Å². The van der Waals surface area contributed by atoms with E-state index in [0.717, 1.165) is 35.5 Å². The van der Waals surface area contributed by atoms with Gasteiger partial charge in [-0.25, -0.2) is 9.59 Å². The van der Waals surface area contributed by atoms with Gasteiger partial charge in [0.2, 0.25) is 0 Å². The molecule has 1 aromatic heterocycles. The highest BCUT2D eigenvalue weighted by Crippen LogP contribution is 2.21. The van der Waals surface area contributed by atoms with Crippen LogP contribution >= 0.6 is 0 Å². The number of hydrogen-bond donors (Lipinski definition) is 0. The number of ether oxygens (including phenoxy) is 2. The molecule has 0 saturated heterocycles. The van der Waals surface area contributed by atoms with E-state index in [4.69, 9.17) is 9.47 Å². The Morgan fingerprint density at radius 1 is 1.03 bits per heavy atom. The van der Waals surface area contributed by atoms with Gasteiger partial charge in [0.25, 0.3) is 0 Å². The van der Waals surface area contributed by atoms with Crippen LogP contribution in [-0.4, -0.2) is 32.5 Å². The molecule has 0 N–H and O–H groups in total. The molecule has 0 aliphatic carbocycles. The average molecular weight is 452 g/mol. The van der Waals surface area contributed by atoms with Crippen LogP contribution in [0.3, 0.4) is 0 Å². The first kappa shape index (κ1) is 24.3. The van der Waals surface area contributed by atoms with Crippen LogP contribution in [0, 0.1) is 13.8 Å². The third kappa shape index (κ3) is 5.72. The normalized spacial score (nSPS) is 11.5. The van der Waals surface area contributed by atoms with Gasteiger partial charge in [-0.1, -0.05) is 18.2 Å². The number of hydrogen-bond acceptors (Lipinski definition) is 5. The van der Waals surface area contributed by atoms with Gasteiger partial charge in [0.1, 0.15) is 11.6 Å². The van der Waals surface area contributed by atoms with E-state index in [1.54, 1.807) is 32.4 Å². The molecule has 0 bridgehead atoms. The van der Waals surface area contributed by atoms with E-state index in [0.29, 0.717) is 18.8 Å². The summed E-state index contributed by atoms with van der Waals surface area (Å²) in [6, 6.07) is 13.6. The van der Waals surface area contributed by atoms with E-state index in [1.165, 1.54) is 10.2 Å². The molecule has 0 unspecified atom stereocenters. The minimum Gasteiger partial charge on any atom is -0.476 e. The lowest BCUT2D eigenvalue weighted by Gasteiger charge is -2.24. The Balaban J connectivity index is 1.61. The van der Waals surface area contributed by atoms with Crippen LogP contribution in [0.4, 0.5) is 0 Å². The third-order valence-corrected chi connectivity index (χ3v) is 5.73. The van der Waals surface area contributed by atoms with Crippen LogP contribution in [-0.2, 0) is 29.4 Å². The zero-order valence-corrected chi connectivity index (χ0v) is 20.3. The average Bonchev–Trinajstić information content (AvgIpc) is 3.05. The Bertz CT molecular complexity index is 1170. The maximum Gasteiger partial charge on any atom is 0.350 e. The first-order valence-corrected chi connectivity index (χ1v) is 11.3. The van der Waals surface area contributed by atoms with Crippen LogP contribution in [0.2, 0.25) is 0 Å². The minimum atomic E-state index is -1.04. The molecule has 2 aromatic carbocycles. The predicted molar refractivity (Wildman–Crippen MR) is 128 cm³/mol. The monoisotopic (exact) mass is 451 g/mol. The van der Waals surface area contributed by atoms with Gasteiger partial charge in [-0.3, -0.25) is 4.57 Å². The summed E-state index contributed by atoms with van der Waals surface area (Å²) in [4.78, 5) is 24.7. The third-order valence-electron chi connectivity index (χ3n) is 5.73. The van der Waals surface area contributed by atoms with Gasteiger partial charge in [-0.2, -0.15) is 4.68 Å². The fraction of sp³-hybridized carbons (Fsp3) is 0.423. The van der Waals surface area contributed by atoms with Crippen LogP contribution in [0.25, 0.3) is 5.69 Å². The first-order chi connectivity index (χ1) is 15.6. The van der Waals surface area contributed by atoms with Crippen LogP contribution in [0.5, 0.6) is 5.75 Å². The quantitative estimate of drug-likeness (QED) is 0.458. The number of nitrogens with zero attached hydrogens (tertiary/aromatic N) is 3. The standard InChI is InChI=1S/C26H33N3O4/c1-7-32-24(30)26(4,5)33-22-15-12-20(13-16-22)9-8-10-23-27-29(25(31)28(23)6)21-14-11-18(2)19(3)17-21/h11-17H,7-10H2,1-6H3. The Morgan fingerprint density at radius 3 is 2.36 bits per heavy atom. The summed E-state index contributed by atoms with van der Waals surface area (Å²) in [5, 5.41) is 4.57. The molecule has 0 aliphatic rings. The molecule has 7 heteroatoms. The lowest BCUT2D eigenvalue weighted by molar-refractivity contribution is -0.158. The van der Waals surface area contributed by atoms with Crippen molar-refractivity contribution >= 4 is 5.97 Å². The Morgan fingerprint density at radius 2 is 1.73 bits per heavy atom. The number of rotatable bonds is 9. The highest BCUT2D eigenvalue weighted by atomic mass is 16.6. The molecule has 0 atom stereocenters. The summed E-state index contributed by atoms with van der Waals surface area (Å²) < 4.78 is 14.0. The van der Waals surface area contributed by atoms with Gasteiger partial charge in [0, 0.05) is 13.5 Å².